The summed E-state index contributed by atoms with van der Waals surface area (Å²) in [6, 6.07) is 0. The number of aliphatic hydroxyl groups is 1. The van der Waals surface area contributed by atoms with Crippen LogP contribution < -0.4 is 0 Å². The van der Waals surface area contributed by atoms with Gasteiger partial charge in [0.2, 0.25) is 0 Å². The van der Waals surface area contributed by atoms with E-state index in [4.69, 9.17) is 0 Å². The summed E-state index contributed by atoms with van der Waals surface area (Å²) in [6.07, 6.45) is 7.97. The lowest BCUT2D eigenvalue weighted by Gasteiger charge is -2.24. The molecule has 1 atom stereocenters. The lowest BCUT2D eigenvalue weighted by Crippen LogP contribution is -2.19. The minimum absolute atomic E-state index is 0.390. The molecule has 1 aromatic rings. The van der Waals surface area contributed by atoms with Gasteiger partial charge in [0.1, 0.15) is 11.9 Å². The Morgan fingerprint density at radius 2 is 1.69 bits per heavy atom. The fourth-order valence-electron chi connectivity index (χ4n) is 3.04. The first-order valence-electron chi connectivity index (χ1n) is 6.47. The van der Waals surface area contributed by atoms with Crippen LogP contribution in [0.3, 0.4) is 0 Å². The third-order valence-corrected chi connectivity index (χ3v) is 3.94. The molecule has 1 N–H and O–H groups in total. The molecule has 0 aromatic carbocycles. The number of nitrogens with zero attached hydrogens (tertiary/aromatic N) is 3. The summed E-state index contributed by atoms with van der Waals surface area (Å²) in [6.45, 7) is 0.991. The summed E-state index contributed by atoms with van der Waals surface area (Å²) in [5, 5.41) is 18.4. The van der Waals surface area contributed by atoms with Crippen molar-refractivity contribution in [1.82, 2.24) is 14.8 Å². The average Bonchev–Trinajstić information content (AvgIpc) is 2.75. The highest BCUT2D eigenvalue weighted by Crippen LogP contribution is 2.34. The smallest absolute Gasteiger partial charge is 0.161 e. The van der Waals surface area contributed by atoms with Crippen molar-refractivity contribution in [3.63, 3.8) is 0 Å². The van der Waals surface area contributed by atoms with E-state index in [9.17, 15) is 5.11 Å². The van der Waals surface area contributed by atoms with Crippen molar-refractivity contribution < 1.29 is 5.11 Å². The van der Waals surface area contributed by atoms with Gasteiger partial charge in [0, 0.05) is 12.5 Å². The number of hydrogen-bond donors (Lipinski definition) is 1. The maximum atomic E-state index is 9.85. The standard InChI is InChI=1S/C12H19N3O/c16-10-7-4-8-15-11(13-14-12(10)15)9-5-2-1-3-6-9/h9-10,16H,1-8H2. The predicted molar refractivity (Wildman–Crippen MR) is 60.0 cm³/mol. The van der Waals surface area contributed by atoms with E-state index in [1.807, 2.05) is 0 Å². The predicted octanol–water partition coefficient (Wildman–Crippen LogP) is 2.15. The number of aliphatic hydroxyl groups excluding tert-OH is 1. The molecule has 1 aromatic heterocycles. The highest BCUT2D eigenvalue weighted by Gasteiger charge is 2.27. The summed E-state index contributed by atoms with van der Waals surface area (Å²) in [5.41, 5.74) is 0. The highest BCUT2D eigenvalue weighted by atomic mass is 16.3. The molecule has 0 saturated heterocycles. The van der Waals surface area contributed by atoms with Gasteiger partial charge in [0.05, 0.1) is 0 Å². The fourth-order valence-corrected chi connectivity index (χ4v) is 3.04. The van der Waals surface area contributed by atoms with Gasteiger partial charge in [-0.15, -0.1) is 10.2 Å². The molecule has 88 valence electrons. The molecule has 4 nitrogen and oxygen atoms in total. The van der Waals surface area contributed by atoms with Gasteiger partial charge in [-0.2, -0.15) is 0 Å². The van der Waals surface area contributed by atoms with E-state index in [1.165, 1.54) is 32.1 Å². The maximum absolute atomic E-state index is 9.85. The Hall–Kier alpha value is -0.900. The Kier molecular flexibility index (Phi) is 2.67. The van der Waals surface area contributed by atoms with Gasteiger partial charge in [-0.1, -0.05) is 19.3 Å². The van der Waals surface area contributed by atoms with Crippen LogP contribution in [-0.4, -0.2) is 19.9 Å². The SMILES string of the molecule is OC1CCCn2c1nnc2C1CCCCC1. The van der Waals surface area contributed by atoms with E-state index in [0.717, 1.165) is 31.0 Å². The molecule has 1 fully saturated rings. The van der Waals surface area contributed by atoms with Gasteiger partial charge in [-0.3, -0.25) is 0 Å². The minimum atomic E-state index is -0.390. The molecule has 1 aliphatic heterocycles. The van der Waals surface area contributed by atoms with Crippen LogP contribution in [0.25, 0.3) is 0 Å². The number of aromatic nitrogens is 3. The largest absolute Gasteiger partial charge is 0.385 e. The second kappa shape index (κ2) is 4.17. The van der Waals surface area contributed by atoms with Gasteiger partial charge in [-0.25, -0.2) is 0 Å². The van der Waals surface area contributed by atoms with E-state index < -0.39 is 6.10 Å². The van der Waals surface area contributed by atoms with Crippen molar-refractivity contribution in [3.8, 4) is 0 Å². The van der Waals surface area contributed by atoms with Gasteiger partial charge in [-0.05, 0) is 25.7 Å². The molecule has 16 heavy (non-hydrogen) atoms. The zero-order chi connectivity index (χ0) is 11.0. The summed E-state index contributed by atoms with van der Waals surface area (Å²) in [4.78, 5) is 0. The molecule has 1 saturated carbocycles. The molecule has 1 unspecified atom stereocenters. The normalized spacial score (nSPS) is 26.7. The second-order valence-electron chi connectivity index (χ2n) is 5.06. The van der Waals surface area contributed by atoms with Gasteiger partial charge in [0.15, 0.2) is 5.82 Å². The van der Waals surface area contributed by atoms with Crippen LogP contribution in [-0.2, 0) is 6.54 Å². The highest BCUT2D eigenvalue weighted by molar-refractivity contribution is 5.07. The first-order valence-corrected chi connectivity index (χ1v) is 6.47. The molecule has 2 aliphatic rings. The van der Waals surface area contributed by atoms with Gasteiger partial charge in [0.25, 0.3) is 0 Å². The fraction of sp³-hybridized carbons (Fsp3) is 0.833. The molecule has 3 rings (SSSR count). The topological polar surface area (TPSA) is 50.9 Å². The Bertz CT molecular complexity index is 368. The van der Waals surface area contributed by atoms with E-state index in [2.05, 4.69) is 14.8 Å². The van der Waals surface area contributed by atoms with Crippen molar-refractivity contribution >= 4 is 0 Å². The molecule has 0 radical (unpaired) electrons. The first-order chi connectivity index (χ1) is 7.86. The zero-order valence-corrected chi connectivity index (χ0v) is 9.60. The molecule has 0 amide bonds. The summed E-state index contributed by atoms with van der Waals surface area (Å²) >= 11 is 0. The summed E-state index contributed by atoms with van der Waals surface area (Å²) in [5.74, 6) is 2.51. The Labute approximate surface area is 95.7 Å². The number of hydrogen-bond acceptors (Lipinski definition) is 3. The van der Waals surface area contributed by atoms with E-state index >= 15 is 0 Å². The molecular weight excluding hydrogens is 202 g/mol. The van der Waals surface area contributed by atoms with Crippen molar-refractivity contribution in [1.29, 1.82) is 0 Å². The van der Waals surface area contributed by atoms with Crippen LogP contribution in [0.15, 0.2) is 0 Å². The monoisotopic (exact) mass is 221 g/mol. The Morgan fingerprint density at radius 1 is 0.938 bits per heavy atom. The van der Waals surface area contributed by atoms with Crippen molar-refractivity contribution in [2.24, 2.45) is 0 Å². The number of rotatable bonds is 1. The molecular formula is C12H19N3O. The van der Waals surface area contributed by atoms with E-state index in [-0.39, 0.29) is 0 Å². The van der Waals surface area contributed by atoms with E-state index in [1.54, 1.807) is 0 Å². The Balaban J connectivity index is 1.89. The molecule has 2 heterocycles. The maximum Gasteiger partial charge on any atom is 0.161 e. The van der Waals surface area contributed by atoms with Gasteiger partial charge >= 0.3 is 0 Å². The van der Waals surface area contributed by atoms with Crippen LogP contribution >= 0.6 is 0 Å². The quantitative estimate of drug-likeness (QED) is 0.790. The average molecular weight is 221 g/mol. The molecule has 0 bridgehead atoms. The van der Waals surface area contributed by atoms with Crippen LogP contribution in [0.1, 0.15) is 68.6 Å². The first kappa shape index (κ1) is 10.3. The summed E-state index contributed by atoms with van der Waals surface area (Å²) in [7, 11) is 0. The lowest BCUT2D eigenvalue weighted by atomic mass is 9.88. The van der Waals surface area contributed by atoms with E-state index in [0.29, 0.717) is 5.92 Å². The molecule has 0 spiro atoms. The van der Waals surface area contributed by atoms with Crippen LogP contribution in [0.5, 0.6) is 0 Å². The third-order valence-electron chi connectivity index (χ3n) is 3.94. The third kappa shape index (κ3) is 1.65. The second-order valence-corrected chi connectivity index (χ2v) is 5.06. The van der Waals surface area contributed by atoms with Crippen LogP contribution in [0, 0.1) is 0 Å². The van der Waals surface area contributed by atoms with Gasteiger partial charge < -0.3 is 9.67 Å². The van der Waals surface area contributed by atoms with Crippen molar-refractivity contribution in [2.45, 2.75) is 63.5 Å². The van der Waals surface area contributed by atoms with Crippen LogP contribution in [0.2, 0.25) is 0 Å². The zero-order valence-electron chi connectivity index (χ0n) is 9.60. The van der Waals surface area contributed by atoms with Crippen molar-refractivity contribution in [2.75, 3.05) is 0 Å². The molecule has 4 heteroatoms. The summed E-state index contributed by atoms with van der Waals surface area (Å²) < 4.78 is 2.17. The minimum Gasteiger partial charge on any atom is -0.385 e. The lowest BCUT2D eigenvalue weighted by molar-refractivity contribution is 0.132. The van der Waals surface area contributed by atoms with Crippen molar-refractivity contribution in [3.05, 3.63) is 11.6 Å². The number of fused-ring (bicyclic) bond motifs is 1. The molecule has 1 aliphatic carbocycles. The van der Waals surface area contributed by atoms with Crippen LogP contribution in [0.4, 0.5) is 0 Å². The Morgan fingerprint density at radius 3 is 2.50 bits per heavy atom.